The summed E-state index contributed by atoms with van der Waals surface area (Å²) in [6.07, 6.45) is 0. The minimum absolute atomic E-state index is 0. The Morgan fingerprint density at radius 2 is 1.00 bits per heavy atom. The zero-order valence-electron chi connectivity index (χ0n) is 2.28. The van der Waals surface area contributed by atoms with Gasteiger partial charge in [0.25, 0.3) is 0 Å². The molecule has 0 radical (unpaired) electrons. The summed E-state index contributed by atoms with van der Waals surface area (Å²) in [5.41, 5.74) is 0. The minimum atomic E-state index is 0. The quantitative estimate of drug-likeness (QED) is 0.255. The van der Waals surface area contributed by atoms with Gasteiger partial charge in [0.05, 0.1) is 0 Å². The molecule has 0 unspecified atom stereocenters. The molecular weight excluding hydrogens is 126 g/mol. The molecule has 0 amide bonds. The Kier molecular flexibility index (Phi) is 144. The zero-order chi connectivity index (χ0) is 0. The van der Waals surface area contributed by atoms with E-state index < -0.39 is 0 Å². The summed E-state index contributed by atoms with van der Waals surface area (Å²) < 4.78 is 0. The van der Waals surface area contributed by atoms with Crippen molar-refractivity contribution in [2.75, 3.05) is 0 Å². The van der Waals surface area contributed by atoms with Crippen LogP contribution in [0, 0.1) is 0 Å². The fourth-order valence-corrected chi connectivity index (χ4v) is 0. The van der Waals surface area contributed by atoms with Gasteiger partial charge >= 0.3 is 37.7 Å². The topological polar surface area (TPSA) is 0 Å². The normalized spacial score (nSPS) is 0. The molecule has 0 atom stereocenters. The van der Waals surface area contributed by atoms with E-state index in [4.69, 9.17) is 0 Å². The van der Waals surface area contributed by atoms with Gasteiger partial charge in [-0.3, -0.25) is 0 Å². The van der Waals surface area contributed by atoms with Crippen LogP contribution in [0.4, 0.5) is 0 Å². The van der Waals surface area contributed by atoms with E-state index in [-0.39, 0.29) is 76.0 Å². The molecule has 0 aromatic heterocycles. The molecule has 0 nitrogen and oxygen atoms in total. The Morgan fingerprint density at radius 3 is 1.00 bits per heavy atom. The van der Waals surface area contributed by atoms with Crippen LogP contribution in [0.1, 0.15) is 0 Å². The first-order chi connectivity index (χ1) is 0. The van der Waals surface area contributed by atoms with E-state index >= 15 is 0 Å². The average molecular weight is 134 g/mol. The van der Waals surface area contributed by atoms with E-state index in [1.165, 1.54) is 0 Å². The third-order valence-corrected chi connectivity index (χ3v) is 0. The van der Waals surface area contributed by atoms with Gasteiger partial charge in [-0.2, -0.15) is 0 Å². The van der Waals surface area contributed by atoms with Crippen LogP contribution in [-0.2, 0) is 0 Å². The molecule has 0 aliphatic carbocycles. The van der Waals surface area contributed by atoms with Gasteiger partial charge in [0.2, 0.25) is 0 Å². The Balaban J connectivity index is 0. The van der Waals surface area contributed by atoms with Crippen LogP contribution in [0.25, 0.3) is 0 Å². The van der Waals surface area contributed by atoms with Gasteiger partial charge in [-0.15, -0.1) is 0 Å². The Morgan fingerprint density at radius 1 is 1.00 bits per heavy atom. The van der Waals surface area contributed by atoms with Crippen LogP contribution in [0.2, 0.25) is 0 Å². The van der Waals surface area contributed by atoms with E-state index in [1.807, 2.05) is 0 Å². The molecule has 0 aromatic rings. The SMILES string of the molecule is [AlH3].[Ca+2].[PH2-].[SiH3-]. The van der Waals surface area contributed by atoms with Crippen molar-refractivity contribution in [2.24, 2.45) is 0 Å². The van der Waals surface area contributed by atoms with Crippen molar-refractivity contribution >= 4 is 76.0 Å². The molecular formula is H8AlCaPSi. The molecule has 0 N–H and O–H groups in total. The van der Waals surface area contributed by atoms with Gasteiger partial charge in [0.15, 0.2) is 17.4 Å². The van der Waals surface area contributed by atoms with Gasteiger partial charge in [0.1, 0.15) is 0 Å². The molecule has 0 rings (SSSR count). The number of hydrogen-bond acceptors (Lipinski definition) is 0. The molecule has 0 saturated heterocycles. The maximum Gasteiger partial charge on any atom is 2.00 e. The summed E-state index contributed by atoms with van der Waals surface area (Å²) >= 11 is 0. The summed E-state index contributed by atoms with van der Waals surface area (Å²) in [4.78, 5) is 0. The third kappa shape index (κ3) is 8.83. The molecule has 0 spiro atoms. The van der Waals surface area contributed by atoms with E-state index in [2.05, 4.69) is 0 Å². The van der Waals surface area contributed by atoms with Crippen LogP contribution in [-0.4, -0.2) is 66.1 Å². The fraction of sp³-hybridized carbons (Fsp3) is 0. The Hall–Kier alpha value is 2.44. The molecule has 0 aliphatic rings. The second-order valence-corrected chi connectivity index (χ2v) is 0. The number of hydrogen-bond donors (Lipinski definition) is 0. The smallest absolute Gasteiger partial charge is 0.577 e. The van der Waals surface area contributed by atoms with Gasteiger partial charge in [0, 0.05) is 0 Å². The van der Waals surface area contributed by atoms with Crippen molar-refractivity contribution in [1.82, 2.24) is 0 Å². The number of rotatable bonds is 0. The van der Waals surface area contributed by atoms with Gasteiger partial charge in [-0.25, -0.2) is 0 Å². The van der Waals surface area contributed by atoms with Crippen LogP contribution >= 0.6 is 9.90 Å². The van der Waals surface area contributed by atoms with Crippen molar-refractivity contribution in [2.45, 2.75) is 0 Å². The summed E-state index contributed by atoms with van der Waals surface area (Å²) in [6.45, 7) is 0. The summed E-state index contributed by atoms with van der Waals surface area (Å²) in [5, 5.41) is 0. The molecule has 0 aliphatic heterocycles. The monoisotopic (exact) mass is 134 g/mol. The maximum absolute atomic E-state index is 0. The fourth-order valence-electron chi connectivity index (χ4n) is 0. The second kappa shape index (κ2) is 18.0. The zero-order valence-corrected chi connectivity index (χ0v) is 7.65. The first-order valence-electron chi connectivity index (χ1n) is 0. The summed E-state index contributed by atoms with van der Waals surface area (Å²) in [5.74, 6) is 0. The van der Waals surface area contributed by atoms with Gasteiger partial charge in [-0.05, 0) is 0 Å². The maximum atomic E-state index is 0. The molecule has 0 saturated carbocycles. The van der Waals surface area contributed by atoms with Gasteiger partial charge in [-0.1, -0.05) is 0 Å². The van der Waals surface area contributed by atoms with Crippen molar-refractivity contribution in [3.8, 4) is 0 Å². The minimum Gasteiger partial charge on any atom is -0.577 e. The van der Waals surface area contributed by atoms with Crippen molar-refractivity contribution in [1.29, 1.82) is 0 Å². The molecule has 4 heteroatoms. The predicted octanol–water partition coefficient (Wildman–Crippen LogP) is -2.42. The average Bonchev–Trinajstić information content (AvgIpc) is 0. The van der Waals surface area contributed by atoms with Crippen molar-refractivity contribution in [3.05, 3.63) is 0 Å². The van der Waals surface area contributed by atoms with E-state index in [0.717, 1.165) is 0 Å². The van der Waals surface area contributed by atoms with Crippen molar-refractivity contribution < 1.29 is 0 Å². The molecule has 0 aromatic carbocycles. The Labute approximate surface area is 74.9 Å². The predicted molar refractivity (Wildman–Crippen MR) is 35.3 cm³/mol. The third-order valence-electron chi connectivity index (χ3n) is 0. The van der Waals surface area contributed by atoms with E-state index in [1.54, 1.807) is 0 Å². The van der Waals surface area contributed by atoms with Crippen molar-refractivity contribution in [3.63, 3.8) is 0 Å². The largest absolute Gasteiger partial charge is 2.00 e. The van der Waals surface area contributed by atoms with E-state index in [9.17, 15) is 0 Å². The second-order valence-electron chi connectivity index (χ2n) is 0. The molecule has 4 heavy (non-hydrogen) atoms. The van der Waals surface area contributed by atoms with Gasteiger partial charge < -0.3 is 20.9 Å². The van der Waals surface area contributed by atoms with Crippen LogP contribution in [0.5, 0.6) is 0 Å². The summed E-state index contributed by atoms with van der Waals surface area (Å²) in [6, 6.07) is 0. The first-order valence-corrected chi connectivity index (χ1v) is 0. The standard InChI is InChI=1S/Al.Ca.H2P.H3Si.3H/h;;1H2;1H3;;;/q;+2;2*-1;;;. The Bertz CT molecular complexity index is 8.00. The van der Waals surface area contributed by atoms with Crippen LogP contribution in [0.3, 0.4) is 0 Å². The van der Waals surface area contributed by atoms with Crippen LogP contribution < -0.4 is 0 Å². The molecule has 0 bridgehead atoms. The van der Waals surface area contributed by atoms with E-state index in [0.29, 0.717) is 0 Å². The first kappa shape index (κ1) is 32.0. The summed E-state index contributed by atoms with van der Waals surface area (Å²) in [7, 11) is 0. The molecule has 0 fully saturated rings. The van der Waals surface area contributed by atoms with Crippen LogP contribution in [0.15, 0.2) is 0 Å². The molecule has 0 heterocycles. The molecule has 22 valence electrons.